The van der Waals surface area contributed by atoms with Gasteiger partial charge in [0.2, 0.25) is 0 Å². The summed E-state index contributed by atoms with van der Waals surface area (Å²) in [6.07, 6.45) is 0. The molecule has 0 saturated heterocycles. The minimum Gasteiger partial charge on any atom is -0.507 e. The van der Waals surface area contributed by atoms with Crippen molar-refractivity contribution in [1.29, 1.82) is 0 Å². The highest BCUT2D eigenvalue weighted by molar-refractivity contribution is 14.1. The second-order valence-electron chi connectivity index (χ2n) is 3.16. The third-order valence-corrected chi connectivity index (χ3v) is 3.24. The van der Waals surface area contributed by atoms with Crippen molar-refractivity contribution in [1.82, 2.24) is 0 Å². The summed E-state index contributed by atoms with van der Waals surface area (Å²) in [5, 5.41) is 19.3. The number of hydrogen-bond donors (Lipinski definition) is 2. The zero-order chi connectivity index (χ0) is 10.8. The van der Waals surface area contributed by atoms with Crippen LogP contribution in [0, 0.1) is 3.57 Å². The summed E-state index contributed by atoms with van der Waals surface area (Å²) >= 11 is 1.92. The van der Waals surface area contributed by atoms with Crippen LogP contribution in [0.3, 0.4) is 0 Å². The highest BCUT2D eigenvalue weighted by Crippen LogP contribution is 2.37. The summed E-state index contributed by atoms with van der Waals surface area (Å²) in [7, 11) is 0. The Kier molecular flexibility index (Phi) is 2.81. The molecule has 0 fully saturated rings. The van der Waals surface area contributed by atoms with Gasteiger partial charge in [-0.3, -0.25) is 0 Å². The van der Waals surface area contributed by atoms with Crippen molar-refractivity contribution in [3.8, 4) is 22.6 Å². The van der Waals surface area contributed by atoms with Gasteiger partial charge in [-0.1, -0.05) is 30.3 Å². The molecule has 2 rings (SSSR count). The van der Waals surface area contributed by atoms with E-state index in [0.717, 1.165) is 11.1 Å². The van der Waals surface area contributed by atoms with Gasteiger partial charge in [0.05, 0.1) is 3.57 Å². The van der Waals surface area contributed by atoms with E-state index in [2.05, 4.69) is 0 Å². The molecule has 0 aliphatic heterocycles. The molecule has 2 aromatic rings. The molecule has 0 atom stereocenters. The third-order valence-electron chi connectivity index (χ3n) is 2.18. The van der Waals surface area contributed by atoms with Crippen LogP contribution in [0.2, 0.25) is 0 Å². The predicted molar refractivity (Wildman–Crippen MR) is 67.9 cm³/mol. The van der Waals surface area contributed by atoms with Crippen LogP contribution in [0.25, 0.3) is 11.1 Å². The molecule has 2 N–H and O–H groups in total. The van der Waals surface area contributed by atoms with Crippen LogP contribution in [0.15, 0.2) is 42.5 Å². The highest BCUT2D eigenvalue weighted by atomic mass is 127. The van der Waals surface area contributed by atoms with Gasteiger partial charge in [-0.25, -0.2) is 0 Å². The van der Waals surface area contributed by atoms with Crippen molar-refractivity contribution < 1.29 is 10.2 Å². The molecular formula is C12H9IO2. The molecule has 0 saturated carbocycles. The molecule has 2 nitrogen and oxygen atoms in total. The van der Waals surface area contributed by atoms with Crippen LogP contribution in [0.1, 0.15) is 0 Å². The molecule has 3 heteroatoms. The summed E-state index contributed by atoms with van der Waals surface area (Å²) < 4.78 is 0.481. The Balaban J connectivity index is 2.60. The maximum Gasteiger partial charge on any atom is 0.140 e. The molecular weight excluding hydrogens is 303 g/mol. The zero-order valence-corrected chi connectivity index (χ0v) is 9.97. The number of phenolic OH excluding ortho intramolecular Hbond substituents is 2. The fourth-order valence-electron chi connectivity index (χ4n) is 1.40. The minimum absolute atomic E-state index is 0.104. The third kappa shape index (κ3) is 1.92. The van der Waals surface area contributed by atoms with E-state index < -0.39 is 0 Å². The largest absolute Gasteiger partial charge is 0.507 e. The van der Waals surface area contributed by atoms with Gasteiger partial charge in [0.25, 0.3) is 0 Å². The van der Waals surface area contributed by atoms with E-state index in [1.54, 1.807) is 12.1 Å². The predicted octanol–water partition coefficient (Wildman–Crippen LogP) is 3.37. The van der Waals surface area contributed by atoms with Crippen molar-refractivity contribution in [3.63, 3.8) is 0 Å². The van der Waals surface area contributed by atoms with Crippen LogP contribution < -0.4 is 0 Å². The molecule has 0 bridgehead atoms. The highest BCUT2D eigenvalue weighted by Gasteiger charge is 2.10. The van der Waals surface area contributed by atoms with Gasteiger partial charge in [-0.2, -0.15) is 0 Å². The lowest BCUT2D eigenvalue weighted by molar-refractivity contribution is 0.445. The Labute approximate surface area is 101 Å². The monoisotopic (exact) mass is 312 g/mol. The fraction of sp³-hybridized carbons (Fsp3) is 0. The normalized spacial score (nSPS) is 10.2. The maximum atomic E-state index is 9.86. The zero-order valence-electron chi connectivity index (χ0n) is 7.81. The fourth-order valence-corrected chi connectivity index (χ4v) is 1.87. The molecule has 2 aromatic carbocycles. The lowest BCUT2D eigenvalue weighted by atomic mass is 10.0. The Bertz CT molecular complexity index is 480. The number of benzene rings is 2. The van der Waals surface area contributed by atoms with E-state index in [4.69, 9.17) is 0 Å². The first-order valence-electron chi connectivity index (χ1n) is 4.46. The first-order chi connectivity index (χ1) is 7.20. The van der Waals surface area contributed by atoms with Gasteiger partial charge in [0.15, 0.2) is 0 Å². The van der Waals surface area contributed by atoms with E-state index in [9.17, 15) is 10.2 Å². The topological polar surface area (TPSA) is 40.5 Å². The van der Waals surface area contributed by atoms with Crippen LogP contribution in [0.5, 0.6) is 11.5 Å². The second-order valence-corrected chi connectivity index (χ2v) is 4.24. The summed E-state index contributed by atoms with van der Waals surface area (Å²) in [6, 6.07) is 12.9. The first-order valence-corrected chi connectivity index (χ1v) is 5.54. The summed E-state index contributed by atoms with van der Waals surface area (Å²) in [6.45, 7) is 0. The molecule has 0 unspecified atom stereocenters. The summed E-state index contributed by atoms with van der Waals surface area (Å²) in [4.78, 5) is 0. The molecule has 0 spiro atoms. The molecule has 0 amide bonds. The molecule has 0 heterocycles. The van der Waals surface area contributed by atoms with Gasteiger partial charge in [0.1, 0.15) is 11.5 Å². The van der Waals surface area contributed by atoms with Crippen molar-refractivity contribution in [3.05, 3.63) is 46.0 Å². The Morgan fingerprint density at radius 2 is 1.53 bits per heavy atom. The smallest absolute Gasteiger partial charge is 0.140 e. The molecule has 0 aliphatic rings. The van der Waals surface area contributed by atoms with E-state index in [1.165, 1.54) is 0 Å². The van der Waals surface area contributed by atoms with Crippen LogP contribution in [-0.4, -0.2) is 10.2 Å². The lowest BCUT2D eigenvalue weighted by Gasteiger charge is -2.07. The molecule has 0 radical (unpaired) electrons. The average molecular weight is 312 g/mol. The molecule has 0 aliphatic carbocycles. The van der Waals surface area contributed by atoms with Gasteiger partial charge >= 0.3 is 0 Å². The lowest BCUT2D eigenvalue weighted by Crippen LogP contribution is -1.82. The number of hydrogen-bond acceptors (Lipinski definition) is 2. The summed E-state index contributed by atoms with van der Waals surface area (Å²) in [5.74, 6) is 0.231. The number of rotatable bonds is 1. The Hall–Kier alpha value is -1.23. The maximum absolute atomic E-state index is 9.86. The van der Waals surface area contributed by atoms with Crippen molar-refractivity contribution in [2.24, 2.45) is 0 Å². The number of halogens is 1. The van der Waals surface area contributed by atoms with E-state index in [-0.39, 0.29) is 11.5 Å². The quantitative estimate of drug-likeness (QED) is 0.793. The van der Waals surface area contributed by atoms with Crippen molar-refractivity contribution in [2.45, 2.75) is 0 Å². The minimum atomic E-state index is 0.104. The van der Waals surface area contributed by atoms with E-state index in [1.807, 2.05) is 52.9 Å². The van der Waals surface area contributed by atoms with Crippen LogP contribution in [-0.2, 0) is 0 Å². The molecule has 76 valence electrons. The second kappa shape index (κ2) is 4.10. The summed E-state index contributed by atoms with van der Waals surface area (Å²) in [5.41, 5.74) is 1.67. The standard InChI is InChI=1S/C12H9IO2/c13-11-10(14)7-6-9(12(11)15)8-4-2-1-3-5-8/h1-7,14-15H. The van der Waals surface area contributed by atoms with Gasteiger partial charge in [-0.15, -0.1) is 0 Å². The van der Waals surface area contributed by atoms with Crippen LogP contribution in [0.4, 0.5) is 0 Å². The van der Waals surface area contributed by atoms with Crippen molar-refractivity contribution in [2.75, 3.05) is 0 Å². The van der Waals surface area contributed by atoms with E-state index in [0.29, 0.717) is 3.57 Å². The van der Waals surface area contributed by atoms with Crippen LogP contribution >= 0.6 is 22.6 Å². The number of phenols is 2. The Morgan fingerprint density at radius 3 is 2.20 bits per heavy atom. The van der Waals surface area contributed by atoms with Gasteiger partial charge < -0.3 is 10.2 Å². The van der Waals surface area contributed by atoms with Gasteiger partial charge in [0, 0.05) is 5.56 Å². The number of aromatic hydroxyl groups is 2. The van der Waals surface area contributed by atoms with E-state index >= 15 is 0 Å². The molecule has 15 heavy (non-hydrogen) atoms. The SMILES string of the molecule is Oc1ccc(-c2ccccc2)c(O)c1I. The van der Waals surface area contributed by atoms with Gasteiger partial charge in [-0.05, 0) is 40.3 Å². The average Bonchev–Trinajstić information content (AvgIpc) is 2.27. The Morgan fingerprint density at radius 1 is 0.867 bits per heavy atom. The molecule has 0 aromatic heterocycles. The first kappa shape index (κ1) is 10.3. The van der Waals surface area contributed by atoms with Crippen molar-refractivity contribution >= 4 is 22.6 Å².